The lowest BCUT2D eigenvalue weighted by molar-refractivity contribution is -0.386. The molecule has 0 aliphatic rings. The van der Waals surface area contributed by atoms with Gasteiger partial charge >= 0.3 is 11.7 Å². The Balaban J connectivity index is 3.21. The molecule has 7 heteroatoms. The molecule has 1 rings (SSSR count). The van der Waals surface area contributed by atoms with Crippen molar-refractivity contribution >= 4 is 17.7 Å². The highest BCUT2D eigenvalue weighted by atomic mass is 16.6. The zero-order valence-corrected chi connectivity index (χ0v) is 9.91. The van der Waals surface area contributed by atoms with Crippen LogP contribution in [0.3, 0.4) is 0 Å². The number of carboxylic acid groups (broad SMARTS) is 1. The first-order valence-electron chi connectivity index (χ1n) is 5.12. The number of methoxy groups -OCH3 is 1. The normalized spacial score (nSPS) is 11.1. The number of carboxylic acids is 1. The van der Waals surface area contributed by atoms with Crippen LogP contribution in [0.4, 0.5) is 5.69 Å². The van der Waals surface area contributed by atoms with Crippen molar-refractivity contribution in [3.63, 3.8) is 0 Å². The van der Waals surface area contributed by atoms with E-state index in [1.807, 2.05) is 0 Å². The molecule has 0 saturated carbocycles. The maximum absolute atomic E-state index is 10.8. The van der Waals surface area contributed by atoms with Crippen LogP contribution in [0.1, 0.15) is 19.0 Å². The second-order valence-corrected chi connectivity index (χ2v) is 3.35. The Hall–Kier alpha value is -2.44. The summed E-state index contributed by atoms with van der Waals surface area (Å²) in [5.74, 6) is -1.19. The third kappa shape index (κ3) is 3.03. The maximum Gasteiger partial charge on any atom is 0.331 e. The van der Waals surface area contributed by atoms with Gasteiger partial charge in [-0.15, -0.1) is 0 Å². The molecular formula is C11H12N2O5. The number of hydrogen-bond acceptors (Lipinski definition) is 5. The molecule has 96 valence electrons. The van der Waals surface area contributed by atoms with Crippen LogP contribution in [0.25, 0.3) is 6.08 Å². The molecular weight excluding hydrogens is 240 g/mol. The Bertz CT molecular complexity index is 510. The van der Waals surface area contributed by atoms with E-state index in [0.717, 1.165) is 0 Å². The Labute approximate surface area is 103 Å². The average molecular weight is 252 g/mol. The van der Waals surface area contributed by atoms with Gasteiger partial charge in [0.2, 0.25) is 0 Å². The minimum atomic E-state index is -1.04. The molecule has 0 unspecified atom stereocenters. The Morgan fingerprint density at radius 2 is 2.28 bits per heavy atom. The number of rotatable bonds is 5. The third-order valence-electron chi connectivity index (χ3n) is 2.23. The first-order chi connectivity index (χ1) is 8.49. The first-order valence-corrected chi connectivity index (χ1v) is 5.12. The van der Waals surface area contributed by atoms with E-state index in [-0.39, 0.29) is 17.1 Å². The minimum Gasteiger partial charge on any atom is -0.478 e. The summed E-state index contributed by atoms with van der Waals surface area (Å²) in [6.07, 6.45) is 1.69. The zero-order valence-electron chi connectivity index (χ0n) is 9.91. The van der Waals surface area contributed by atoms with Crippen LogP contribution >= 0.6 is 0 Å². The fraction of sp³-hybridized carbons (Fsp3) is 0.273. The van der Waals surface area contributed by atoms with Gasteiger partial charge in [-0.1, -0.05) is 6.92 Å². The number of pyridine rings is 1. The first kappa shape index (κ1) is 13.6. The van der Waals surface area contributed by atoms with E-state index < -0.39 is 10.9 Å². The fourth-order valence-electron chi connectivity index (χ4n) is 1.31. The lowest BCUT2D eigenvalue weighted by Crippen LogP contribution is -2.01. The van der Waals surface area contributed by atoms with Crippen molar-refractivity contribution in [2.24, 2.45) is 0 Å². The highest BCUT2D eigenvalue weighted by Gasteiger charge is 2.16. The Morgan fingerprint density at radius 1 is 1.61 bits per heavy atom. The number of hydrogen-bond donors (Lipinski definition) is 1. The van der Waals surface area contributed by atoms with Crippen LogP contribution < -0.4 is 4.74 Å². The molecule has 0 spiro atoms. The molecule has 1 N–H and O–H groups in total. The van der Waals surface area contributed by atoms with Crippen molar-refractivity contribution in [1.82, 2.24) is 4.98 Å². The van der Waals surface area contributed by atoms with Gasteiger partial charge in [-0.2, -0.15) is 0 Å². The molecule has 0 atom stereocenters. The summed E-state index contributed by atoms with van der Waals surface area (Å²) in [4.78, 5) is 24.7. The second kappa shape index (κ2) is 5.76. The molecule has 1 aromatic rings. The van der Waals surface area contributed by atoms with Crippen LogP contribution in [0.5, 0.6) is 5.88 Å². The van der Waals surface area contributed by atoms with Crippen molar-refractivity contribution in [2.45, 2.75) is 13.3 Å². The lowest BCUT2D eigenvalue weighted by Gasteiger charge is -2.02. The van der Waals surface area contributed by atoms with Crippen LogP contribution in [-0.2, 0) is 4.79 Å². The number of nitrogens with zero attached hydrogens (tertiary/aromatic N) is 2. The van der Waals surface area contributed by atoms with Gasteiger partial charge in [-0.3, -0.25) is 10.1 Å². The van der Waals surface area contributed by atoms with Gasteiger partial charge < -0.3 is 9.84 Å². The molecule has 7 nitrogen and oxygen atoms in total. The van der Waals surface area contributed by atoms with Gasteiger partial charge in [0.15, 0.2) is 0 Å². The highest BCUT2D eigenvalue weighted by molar-refractivity contribution is 5.91. The van der Waals surface area contributed by atoms with Gasteiger partial charge in [0.05, 0.1) is 17.7 Å². The quantitative estimate of drug-likeness (QED) is 0.487. The summed E-state index contributed by atoms with van der Waals surface area (Å²) in [7, 11) is 1.26. The van der Waals surface area contributed by atoms with E-state index >= 15 is 0 Å². The van der Waals surface area contributed by atoms with E-state index in [4.69, 9.17) is 9.84 Å². The predicted octanol–water partition coefficient (Wildman–Crippen LogP) is 1.88. The summed E-state index contributed by atoms with van der Waals surface area (Å²) in [6, 6.07) is 2.60. The van der Waals surface area contributed by atoms with Gasteiger partial charge in [0.25, 0.3) is 5.88 Å². The van der Waals surface area contributed by atoms with Crippen molar-refractivity contribution in [3.05, 3.63) is 33.5 Å². The van der Waals surface area contributed by atoms with E-state index in [0.29, 0.717) is 12.1 Å². The molecule has 0 bridgehead atoms. The van der Waals surface area contributed by atoms with Gasteiger partial charge in [-0.25, -0.2) is 9.78 Å². The molecule has 0 radical (unpaired) electrons. The number of nitro groups is 1. The van der Waals surface area contributed by atoms with Crippen LogP contribution in [0.15, 0.2) is 17.7 Å². The smallest absolute Gasteiger partial charge is 0.331 e. The Kier molecular flexibility index (Phi) is 4.36. The highest BCUT2D eigenvalue weighted by Crippen LogP contribution is 2.24. The van der Waals surface area contributed by atoms with E-state index in [9.17, 15) is 14.9 Å². The molecule has 1 heterocycles. The van der Waals surface area contributed by atoms with Crippen molar-refractivity contribution in [1.29, 1.82) is 0 Å². The minimum absolute atomic E-state index is 0.144. The van der Waals surface area contributed by atoms with Crippen molar-refractivity contribution in [3.8, 4) is 5.88 Å². The lowest BCUT2D eigenvalue weighted by atomic mass is 10.1. The molecule has 0 saturated heterocycles. The maximum atomic E-state index is 10.8. The van der Waals surface area contributed by atoms with Crippen molar-refractivity contribution in [2.75, 3.05) is 7.11 Å². The van der Waals surface area contributed by atoms with E-state index in [2.05, 4.69) is 4.98 Å². The number of aliphatic carboxylic acids is 1. The number of carbonyl (C=O) groups is 1. The van der Waals surface area contributed by atoms with E-state index in [1.54, 1.807) is 6.92 Å². The molecule has 0 fully saturated rings. The standard InChI is InChI=1S/C11H12N2O5/c1-3-7(11(14)15)6-8-4-5-9(13(16)17)10(12-8)18-2/h4-6H,3H2,1-2H3,(H,14,15)/b7-6+. The predicted molar refractivity (Wildman–Crippen MR) is 63.3 cm³/mol. The van der Waals surface area contributed by atoms with Crippen LogP contribution in [0, 0.1) is 10.1 Å². The zero-order chi connectivity index (χ0) is 13.7. The summed E-state index contributed by atoms with van der Waals surface area (Å²) < 4.78 is 4.79. The van der Waals surface area contributed by atoms with Gasteiger partial charge in [0, 0.05) is 11.6 Å². The molecule has 0 aromatic carbocycles. The largest absolute Gasteiger partial charge is 0.478 e. The van der Waals surface area contributed by atoms with E-state index in [1.165, 1.54) is 25.3 Å². The molecule has 1 aromatic heterocycles. The number of aromatic nitrogens is 1. The molecule has 0 aliphatic carbocycles. The van der Waals surface area contributed by atoms with Gasteiger partial charge in [0.1, 0.15) is 0 Å². The SMILES string of the molecule is CC/C(=C\c1ccc([N+](=O)[O-])c(OC)n1)C(=O)O. The summed E-state index contributed by atoms with van der Waals surface area (Å²) in [5, 5.41) is 19.5. The summed E-state index contributed by atoms with van der Waals surface area (Å²) in [6.45, 7) is 1.70. The van der Waals surface area contributed by atoms with Crippen molar-refractivity contribution < 1.29 is 19.6 Å². The molecule has 18 heavy (non-hydrogen) atoms. The molecule has 0 amide bonds. The van der Waals surface area contributed by atoms with Crippen LogP contribution in [-0.4, -0.2) is 28.1 Å². The summed E-state index contributed by atoms with van der Waals surface area (Å²) >= 11 is 0. The average Bonchev–Trinajstić information content (AvgIpc) is 2.34. The van der Waals surface area contributed by atoms with Gasteiger partial charge in [-0.05, 0) is 18.6 Å². The van der Waals surface area contributed by atoms with Crippen LogP contribution in [0.2, 0.25) is 0 Å². The summed E-state index contributed by atoms with van der Waals surface area (Å²) in [5.41, 5.74) is 0.207. The topological polar surface area (TPSA) is 103 Å². The Morgan fingerprint density at radius 3 is 2.72 bits per heavy atom. The molecule has 0 aliphatic heterocycles. The second-order valence-electron chi connectivity index (χ2n) is 3.35. The monoisotopic (exact) mass is 252 g/mol. The fourth-order valence-corrected chi connectivity index (χ4v) is 1.31. The number of ether oxygens (including phenoxy) is 1. The third-order valence-corrected chi connectivity index (χ3v) is 2.23.